The van der Waals surface area contributed by atoms with Gasteiger partial charge in [-0.3, -0.25) is 23.3 Å². The highest BCUT2D eigenvalue weighted by atomic mass is 32.2. The molecule has 0 aliphatic carbocycles. The lowest BCUT2D eigenvalue weighted by molar-refractivity contribution is 0.0821. The molecule has 0 fully saturated rings. The first-order chi connectivity index (χ1) is 16.9. The van der Waals surface area contributed by atoms with Gasteiger partial charge in [0.15, 0.2) is 34.4 Å². The number of hydrogen-bond acceptors (Lipinski definition) is 9. The average Bonchev–Trinajstić information content (AvgIpc) is 3.26. The molecule has 35 heavy (non-hydrogen) atoms. The van der Waals surface area contributed by atoms with Gasteiger partial charge in [0.2, 0.25) is 0 Å². The zero-order chi connectivity index (χ0) is 25.1. The molecule has 2 aromatic heterocycles. The second-order valence-corrected chi connectivity index (χ2v) is 8.82. The average molecular weight is 499 g/mol. The van der Waals surface area contributed by atoms with Crippen molar-refractivity contribution in [1.29, 1.82) is 0 Å². The number of nitrogen functional groups attached to an aromatic ring is 1. The van der Waals surface area contributed by atoms with Gasteiger partial charge < -0.3 is 15.2 Å². The van der Waals surface area contributed by atoms with Crippen LogP contribution >= 0.6 is 11.8 Å². The van der Waals surface area contributed by atoms with Gasteiger partial charge in [-0.15, -0.1) is 16.8 Å². The number of ketones is 1. The molecule has 0 amide bonds. The number of nitrogens with two attached hydrogens (primary N) is 1. The number of allylic oxidation sites excluding steroid dienone is 1. The number of rotatable bonds is 9. The standard InChI is InChI=1S/C23H26N6O5S/c1-4-10-28-19(24)18(21(31)27(3)23(28)32)14(30)13-35-22-26-25-20(29(22)11-5-2)17-12-33-15-8-6-7-9-16(15)34-17/h5-9,17H,2,4,10-13,24H2,1,3H3/t17-/m0/s1. The number of nitrogens with zero attached hydrogens (tertiary/aromatic N) is 5. The number of ether oxygens (including phenoxy) is 2. The smallest absolute Gasteiger partial charge is 0.332 e. The van der Waals surface area contributed by atoms with E-state index in [1.165, 1.54) is 11.6 Å². The quantitative estimate of drug-likeness (QED) is 0.266. The van der Waals surface area contributed by atoms with Crippen LogP contribution in [0.4, 0.5) is 5.82 Å². The molecule has 184 valence electrons. The van der Waals surface area contributed by atoms with E-state index in [0.717, 1.165) is 16.3 Å². The van der Waals surface area contributed by atoms with E-state index in [-0.39, 0.29) is 23.7 Å². The van der Waals surface area contributed by atoms with Crippen molar-refractivity contribution in [2.24, 2.45) is 7.05 Å². The molecule has 12 heteroatoms. The van der Waals surface area contributed by atoms with E-state index in [4.69, 9.17) is 15.2 Å². The summed E-state index contributed by atoms with van der Waals surface area (Å²) < 4.78 is 15.8. The van der Waals surface area contributed by atoms with Gasteiger partial charge in [0.1, 0.15) is 18.0 Å². The predicted octanol–water partition coefficient (Wildman–Crippen LogP) is 1.80. The minimum Gasteiger partial charge on any atom is -0.485 e. The highest BCUT2D eigenvalue weighted by Gasteiger charge is 2.29. The molecule has 1 atom stereocenters. The molecule has 11 nitrogen and oxygen atoms in total. The van der Waals surface area contributed by atoms with Crippen LogP contribution in [0.15, 0.2) is 51.7 Å². The van der Waals surface area contributed by atoms with Crippen molar-refractivity contribution in [2.45, 2.75) is 37.7 Å². The van der Waals surface area contributed by atoms with Crippen molar-refractivity contribution >= 4 is 23.4 Å². The summed E-state index contributed by atoms with van der Waals surface area (Å²) in [5.41, 5.74) is 4.60. The number of carbonyl (C=O) groups is 1. The minimum absolute atomic E-state index is 0.120. The van der Waals surface area contributed by atoms with Crippen LogP contribution in [0.25, 0.3) is 0 Å². The molecule has 4 rings (SSSR count). The monoisotopic (exact) mass is 498 g/mol. The molecular weight excluding hydrogens is 472 g/mol. The number of aromatic nitrogens is 5. The maximum Gasteiger partial charge on any atom is 0.332 e. The van der Waals surface area contributed by atoms with Gasteiger partial charge in [-0.1, -0.05) is 36.9 Å². The maximum absolute atomic E-state index is 13.0. The van der Waals surface area contributed by atoms with E-state index in [2.05, 4.69) is 16.8 Å². The highest BCUT2D eigenvalue weighted by Crippen LogP contribution is 2.36. The van der Waals surface area contributed by atoms with E-state index >= 15 is 0 Å². The Kier molecular flexibility index (Phi) is 7.10. The van der Waals surface area contributed by atoms with Crippen LogP contribution in [0.5, 0.6) is 11.5 Å². The maximum atomic E-state index is 13.0. The topological polar surface area (TPSA) is 136 Å². The van der Waals surface area contributed by atoms with Crippen LogP contribution in [-0.2, 0) is 20.1 Å². The molecule has 0 bridgehead atoms. The molecule has 3 heterocycles. The molecule has 0 saturated heterocycles. The first-order valence-electron chi connectivity index (χ1n) is 11.0. The van der Waals surface area contributed by atoms with Gasteiger partial charge in [0, 0.05) is 20.1 Å². The van der Waals surface area contributed by atoms with Crippen LogP contribution in [0.1, 0.15) is 35.6 Å². The van der Waals surface area contributed by atoms with Crippen molar-refractivity contribution < 1.29 is 14.3 Å². The van der Waals surface area contributed by atoms with Crippen LogP contribution < -0.4 is 26.5 Å². The van der Waals surface area contributed by atoms with Gasteiger partial charge in [-0.2, -0.15) is 0 Å². The Morgan fingerprint density at radius 1 is 1.26 bits per heavy atom. The number of fused-ring (bicyclic) bond motifs is 1. The molecule has 0 radical (unpaired) electrons. The van der Waals surface area contributed by atoms with Crippen molar-refractivity contribution in [3.8, 4) is 11.5 Å². The lowest BCUT2D eigenvalue weighted by atomic mass is 10.2. The summed E-state index contributed by atoms with van der Waals surface area (Å²) in [4.78, 5) is 38.1. The molecule has 1 aliphatic heterocycles. The van der Waals surface area contributed by atoms with Gasteiger partial charge in [-0.05, 0) is 18.6 Å². The second-order valence-electron chi connectivity index (χ2n) is 7.87. The highest BCUT2D eigenvalue weighted by molar-refractivity contribution is 7.99. The van der Waals surface area contributed by atoms with Gasteiger partial charge >= 0.3 is 5.69 Å². The Labute approximate surface area is 205 Å². The number of carbonyl (C=O) groups excluding carboxylic acids is 1. The molecule has 2 N–H and O–H groups in total. The second kappa shape index (κ2) is 10.2. The number of para-hydroxylation sites is 2. The summed E-state index contributed by atoms with van der Waals surface area (Å²) in [6, 6.07) is 7.35. The van der Waals surface area contributed by atoms with Crippen LogP contribution in [-0.4, -0.2) is 42.0 Å². The van der Waals surface area contributed by atoms with E-state index in [1.54, 1.807) is 10.6 Å². The Hall–Kier alpha value is -3.80. The molecule has 0 spiro atoms. The summed E-state index contributed by atoms with van der Waals surface area (Å²) in [6.07, 6.45) is 1.81. The van der Waals surface area contributed by atoms with Crippen molar-refractivity contribution in [3.05, 3.63) is 69.1 Å². The third-order valence-electron chi connectivity index (χ3n) is 5.50. The number of Topliss-reactive ketones (excluding diaryl/α,β-unsaturated/α-hetero) is 1. The third-order valence-corrected chi connectivity index (χ3v) is 6.46. The lowest BCUT2D eigenvalue weighted by Gasteiger charge is -2.26. The summed E-state index contributed by atoms with van der Waals surface area (Å²) >= 11 is 1.11. The van der Waals surface area contributed by atoms with Crippen molar-refractivity contribution in [2.75, 3.05) is 18.1 Å². The lowest BCUT2D eigenvalue weighted by Crippen LogP contribution is -2.42. The van der Waals surface area contributed by atoms with Crippen LogP contribution in [0.3, 0.4) is 0 Å². The first-order valence-corrected chi connectivity index (χ1v) is 12.0. The van der Waals surface area contributed by atoms with Crippen molar-refractivity contribution in [3.63, 3.8) is 0 Å². The first kappa shape index (κ1) is 24.3. The van der Waals surface area contributed by atoms with Crippen LogP contribution in [0.2, 0.25) is 0 Å². The normalized spacial score (nSPS) is 14.6. The number of anilines is 1. The minimum atomic E-state index is -0.717. The fourth-order valence-corrected chi connectivity index (χ4v) is 4.61. The number of thioether (sulfide) groups is 1. The van der Waals surface area contributed by atoms with Gasteiger partial charge in [0.05, 0.1) is 5.75 Å². The summed E-state index contributed by atoms with van der Waals surface area (Å²) in [5, 5.41) is 8.95. The van der Waals surface area contributed by atoms with Crippen LogP contribution in [0, 0.1) is 0 Å². The van der Waals surface area contributed by atoms with Crippen molar-refractivity contribution in [1.82, 2.24) is 23.9 Å². The predicted molar refractivity (Wildman–Crippen MR) is 131 cm³/mol. The van der Waals surface area contributed by atoms with Gasteiger partial charge in [0.25, 0.3) is 5.56 Å². The van der Waals surface area contributed by atoms with E-state index in [1.807, 2.05) is 31.2 Å². The molecule has 0 saturated carbocycles. The zero-order valence-corrected chi connectivity index (χ0v) is 20.3. The molecular formula is C23H26N6O5S. The molecule has 1 aliphatic rings. The summed E-state index contributed by atoms with van der Waals surface area (Å²) in [5.74, 6) is 1.05. The Morgan fingerprint density at radius 2 is 2.00 bits per heavy atom. The zero-order valence-electron chi connectivity index (χ0n) is 19.5. The number of hydrogen-bond donors (Lipinski definition) is 1. The Morgan fingerprint density at radius 3 is 2.71 bits per heavy atom. The summed E-state index contributed by atoms with van der Waals surface area (Å²) in [6.45, 7) is 6.60. The van der Waals surface area contributed by atoms with E-state index in [9.17, 15) is 14.4 Å². The largest absolute Gasteiger partial charge is 0.485 e. The molecule has 1 aromatic carbocycles. The van der Waals surface area contributed by atoms with Gasteiger partial charge in [-0.25, -0.2) is 4.79 Å². The third kappa shape index (κ3) is 4.61. The SMILES string of the molecule is C=CCn1c(SCC(=O)c2c(N)n(CCC)c(=O)n(C)c2=O)nnc1[C@@H]1COc2ccccc2O1. The fraction of sp³-hybridized carbons (Fsp3) is 0.348. The van der Waals surface area contributed by atoms with E-state index < -0.39 is 23.1 Å². The number of benzene rings is 1. The summed E-state index contributed by atoms with van der Waals surface area (Å²) in [7, 11) is 1.33. The molecule has 3 aromatic rings. The van der Waals surface area contributed by atoms with E-state index in [0.29, 0.717) is 42.0 Å². The Bertz CT molecular complexity index is 1390. The fourth-order valence-electron chi connectivity index (χ4n) is 3.78. The Balaban J connectivity index is 1.58. The molecule has 0 unspecified atom stereocenters.